The lowest BCUT2D eigenvalue weighted by Gasteiger charge is -2.22. The van der Waals surface area contributed by atoms with Gasteiger partial charge in [0.1, 0.15) is 5.75 Å². The van der Waals surface area contributed by atoms with Gasteiger partial charge in [0.05, 0.1) is 29.2 Å². The molecule has 0 spiro atoms. The Hall–Kier alpha value is -1.24. The molecule has 0 aliphatic heterocycles. The zero-order valence-corrected chi connectivity index (χ0v) is 11.4. The van der Waals surface area contributed by atoms with Crippen LogP contribution >= 0.6 is 11.6 Å². The normalized spacial score (nSPS) is 17.9. The second-order valence-electron chi connectivity index (χ2n) is 4.61. The fourth-order valence-corrected chi connectivity index (χ4v) is 2.57. The van der Waals surface area contributed by atoms with Crippen LogP contribution < -0.4 is 10.1 Å². The highest BCUT2D eigenvalue weighted by Crippen LogP contribution is 2.54. The molecular weight excluding hydrogens is 248 g/mol. The van der Waals surface area contributed by atoms with E-state index in [4.69, 9.17) is 16.3 Å². The average molecular weight is 265 g/mol. The van der Waals surface area contributed by atoms with Crippen LogP contribution in [-0.4, -0.2) is 13.7 Å². The van der Waals surface area contributed by atoms with Gasteiger partial charge in [0, 0.05) is 0 Å². The third-order valence-corrected chi connectivity index (χ3v) is 3.74. The van der Waals surface area contributed by atoms with Crippen molar-refractivity contribution < 1.29 is 4.74 Å². The van der Waals surface area contributed by atoms with Crippen molar-refractivity contribution >= 4 is 11.6 Å². The molecule has 0 amide bonds. The molecule has 0 saturated heterocycles. The van der Waals surface area contributed by atoms with E-state index in [1.165, 1.54) is 0 Å². The summed E-state index contributed by atoms with van der Waals surface area (Å²) in [5.74, 6) is 0.694. The smallest absolute Gasteiger partial charge is 0.137 e. The number of nitrogens with one attached hydrogen (secondary N) is 1. The third kappa shape index (κ3) is 2.31. The molecule has 18 heavy (non-hydrogen) atoms. The van der Waals surface area contributed by atoms with Gasteiger partial charge in [0.2, 0.25) is 0 Å². The van der Waals surface area contributed by atoms with Crippen molar-refractivity contribution in [3.8, 4) is 11.8 Å². The Morgan fingerprint density at radius 2 is 2.28 bits per heavy atom. The maximum Gasteiger partial charge on any atom is 0.137 e. The zero-order chi connectivity index (χ0) is 13.2. The van der Waals surface area contributed by atoms with Gasteiger partial charge in [-0.3, -0.25) is 0 Å². The van der Waals surface area contributed by atoms with E-state index in [1.807, 2.05) is 32.2 Å². The maximum atomic E-state index is 9.28. The van der Waals surface area contributed by atoms with Crippen LogP contribution in [0.5, 0.6) is 5.75 Å². The minimum absolute atomic E-state index is 0.0377. The minimum atomic E-state index is -0.259. The van der Waals surface area contributed by atoms with Gasteiger partial charge in [-0.15, -0.1) is 0 Å². The van der Waals surface area contributed by atoms with Crippen molar-refractivity contribution in [2.24, 2.45) is 5.41 Å². The molecule has 0 aromatic heterocycles. The summed E-state index contributed by atoms with van der Waals surface area (Å²) in [5, 5.41) is 13.1. The number of halogens is 1. The van der Waals surface area contributed by atoms with Gasteiger partial charge < -0.3 is 10.1 Å². The molecule has 1 atom stereocenters. The molecular formula is C14H17ClN2O. The summed E-state index contributed by atoms with van der Waals surface area (Å²) in [6.45, 7) is 2.52. The van der Waals surface area contributed by atoms with Gasteiger partial charge in [-0.05, 0) is 44.5 Å². The zero-order valence-electron chi connectivity index (χ0n) is 10.7. The highest BCUT2D eigenvalue weighted by Gasteiger charge is 2.50. The van der Waals surface area contributed by atoms with E-state index in [0.29, 0.717) is 17.4 Å². The Bertz CT molecular complexity index is 477. The Kier molecular flexibility index (Phi) is 3.79. The quantitative estimate of drug-likeness (QED) is 0.887. The van der Waals surface area contributed by atoms with Gasteiger partial charge in [0.25, 0.3) is 0 Å². The monoisotopic (exact) mass is 264 g/mol. The Morgan fingerprint density at radius 3 is 2.72 bits per heavy atom. The van der Waals surface area contributed by atoms with E-state index >= 15 is 0 Å². The molecule has 1 fully saturated rings. The highest BCUT2D eigenvalue weighted by molar-refractivity contribution is 6.32. The first kappa shape index (κ1) is 13.2. The van der Waals surface area contributed by atoms with Crippen LogP contribution in [0.25, 0.3) is 0 Å². The maximum absolute atomic E-state index is 9.28. The standard InChI is InChI=1S/C14H17ClN2O/c1-3-18-12-5-4-10(8-11(12)15)13(17-2)14(9-16)6-7-14/h4-5,8,13,17H,3,6-7H2,1-2H3. The molecule has 1 aromatic carbocycles. The number of hydrogen-bond acceptors (Lipinski definition) is 3. The van der Waals surface area contributed by atoms with Crippen LogP contribution in [0.1, 0.15) is 31.4 Å². The molecule has 3 nitrogen and oxygen atoms in total. The lowest BCUT2D eigenvalue weighted by Crippen LogP contribution is -2.25. The van der Waals surface area contributed by atoms with E-state index in [2.05, 4.69) is 11.4 Å². The summed E-state index contributed by atoms with van der Waals surface area (Å²) in [6, 6.07) is 8.21. The molecule has 1 aliphatic carbocycles. The first-order chi connectivity index (χ1) is 8.66. The van der Waals surface area contributed by atoms with Crippen LogP contribution in [0.4, 0.5) is 0 Å². The fraction of sp³-hybridized carbons (Fsp3) is 0.500. The summed E-state index contributed by atoms with van der Waals surface area (Å²) >= 11 is 6.19. The number of benzene rings is 1. The summed E-state index contributed by atoms with van der Waals surface area (Å²) < 4.78 is 5.42. The number of hydrogen-bond donors (Lipinski definition) is 1. The van der Waals surface area contributed by atoms with Gasteiger partial charge >= 0.3 is 0 Å². The molecule has 1 saturated carbocycles. The number of rotatable bonds is 5. The predicted octanol–water partition coefficient (Wildman–Crippen LogP) is 3.30. The van der Waals surface area contributed by atoms with E-state index < -0.39 is 0 Å². The Morgan fingerprint density at radius 1 is 1.56 bits per heavy atom. The first-order valence-corrected chi connectivity index (χ1v) is 6.55. The molecule has 0 bridgehead atoms. The lowest BCUT2D eigenvalue weighted by molar-refractivity contribution is 0.340. The van der Waals surface area contributed by atoms with Crippen LogP contribution in [0.3, 0.4) is 0 Å². The van der Waals surface area contributed by atoms with Gasteiger partial charge in [-0.25, -0.2) is 0 Å². The van der Waals surface area contributed by atoms with Crippen LogP contribution in [0.15, 0.2) is 18.2 Å². The fourth-order valence-electron chi connectivity index (χ4n) is 2.33. The van der Waals surface area contributed by atoms with E-state index in [0.717, 1.165) is 18.4 Å². The van der Waals surface area contributed by atoms with E-state index in [9.17, 15) is 5.26 Å². The number of nitrogens with zero attached hydrogens (tertiary/aromatic N) is 1. The van der Waals surface area contributed by atoms with Crippen molar-refractivity contribution in [3.05, 3.63) is 28.8 Å². The largest absolute Gasteiger partial charge is 0.492 e. The highest BCUT2D eigenvalue weighted by atomic mass is 35.5. The molecule has 96 valence electrons. The van der Waals surface area contributed by atoms with Crippen LogP contribution in [-0.2, 0) is 0 Å². The molecule has 0 radical (unpaired) electrons. The number of ether oxygens (including phenoxy) is 1. The first-order valence-electron chi connectivity index (χ1n) is 6.17. The lowest BCUT2D eigenvalue weighted by atomic mass is 9.91. The Labute approximate surface area is 113 Å². The molecule has 1 aromatic rings. The Balaban J connectivity index is 2.28. The van der Waals surface area contributed by atoms with Crippen LogP contribution in [0, 0.1) is 16.7 Å². The summed E-state index contributed by atoms with van der Waals surface area (Å²) in [6.07, 6.45) is 1.89. The molecule has 4 heteroatoms. The van der Waals surface area contributed by atoms with Crippen molar-refractivity contribution in [3.63, 3.8) is 0 Å². The van der Waals surface area contributed by atoms with Crippen molar-refractivity contribution in [1.29, 1.82) is 5.26 Å². The molecule has 0 heterocycles. The second-order valence-corrected chi connectivity index (χ2v) is 5.02. The third-order valence-electron chi connectivity index (χ3n) is 3.44. The van der Waals surface area contributed by atoms with Crippen LogP contribution in [0.2, 0.25) is 5.02 Å². The van der Waals surface area contributed by atoms with Crippen molar-refractivity contribution in [2.75, 3.05) is 13.7 Å². The van der Waals surface area contributed by atoms with E-state index in [-0.39, 0.29) is 11.5 Å². The van der Waals surface area contributed by atoms with E-state index in [1.54, 1.807) is 0 Å². The summed E-state index contributed by atoms with van der Waals surface area (Å²) in [7, 11) is 1.88. The molecule has 1 aliphatic rings. The summed E-state index contributed by atoms with van der Waals surface area (Å²) in [5.41, 5.74) is 0.788. The predicted molar refractivity (Wildman–Crippen MR) is 71.7 cm³/mol. The van der Waals surface area contributed by atoms with Gasteiger partial charge in [-0.1, -0.05) is 17.7 Å². The topological polar surface area (TPSA) is 45.0 Å². The van der Waals surface area contributed by atoms with Crippen molar-refractivity contribution in [2.45, 2.75) is 25.8 Å². The second kappa shape index (κ2) is 5.17. The van der Waals surface area contributed by atoms with Crippen molar-refractivity contribution in [1.82, 2.24) is 5.32 Å². The molecule has 2 rings (SSSR count). The van der Waals surface area contributed by atoms with Gasteiger partial charge in [0.15, 0.2) is 0 Å². The molecule has 1 N–H and O–H groups in total. The summed E-state index contributed by atoms with van der Waals surface area (Å²) in [4.78, 5) is 0. The SMILES string of the molecule is CCOc1ccc(C(NC)C2(C#N)CC2)cc1Cl. The minimum Gasteiger partial charge on any atom is -0.492 e. The van der Waals surface area contributed by atoms with Gasteiger partial charge in [-0.2, -0.15) is 5.26 Å². The molecule has 1 unspecified atom stereocenters. The average Bonchev–Trinajstić information content (AvgIpc) is 3.15. The number of nitriles is 1.